The molecule has 0 aromatic carbocycles. The highest BCUT2D eigenvalue weighted by molar-refractivity contribution is 5.90. The van der Waals surface area contributed by atoms with Crippen molar-refractivity contribution >= 4 is 11.8 Å². The summed E-state index contributed by atoms with van der Waals surface area (Å²) in [7, 11) is 1.41. The monoisotopic (exact) mass is 264 g/mol. The van der Waals surface area contributed by atoms with E-state index in [0.717, 1.165) is 30.4 Å². The predicted octanol–water partition coefficient (Wildman–Crippen LogP) is 3.45. The molecule has 0 aliphatic heterocycles. The van der Waals surface area contributed by atoms with Crippen molar-refractivity contribution in [2.75, 3.05) is 7.11 Å². The molecule has 0 heterocycles. The number of allylic oxidation sites excluding steroid dienone is 3. The van der Waals surface area contributed by atoms with Crippen LogP contribution in [0.2, 0.25) is 0 Å². The maximum atomic E-state index is 11.8. The van der Waals surface area contributed by atoms with Gasteiger partial charge in [-0.05, 0) is 51.0 Å². The van der Waals surface area contributed by atoms with Gasteiger partial charge in [0.2, 0.25) is 0 Å². The molecule has 0 N–H and O–H groups in total. The summed E-state index contributed by atoms with van der Waals surface area (Å²) >= 11 is 0. The molecule has 106 valence electrons. The lowest BCUT2D eigenvalue weighted by molar-refractivity contribution is -0.136. The van der Waals surface area contributed by atoms with Crippen molar-refractivity contribution < 1.29 is 14.3 Å². The van der Waals surface area contributed by atoms with E-state index in [9.17, 15) is 9.59 Å². The van der Waals surface area contributed by atoms with Crippen molar-refractivity contribution in [1.82, 2.24) is 0 Å². The SMILES string of the molecule is COC(=O)C1=CC[C@@H]([C@H](C)CC(=O)C=C(C)C)CC1. The van der Waals surface area contributed by atoms with Crippen molar-refractivity contribution in [3.05, 3.63) is 23.3 Å². The highest BCUT2D eigenvalue weighted by Gasteiger charge is 2.24. The van der Waals surface area contributed by atoms with E-state index in [4.69, 9.17) is 4.74 Å². The molecule has 0 radical (unpaired) electrons. The third-order valence-electron chi connectivity index (χ3n) is 3.68. The third kappa shape index (κ3) is 5.01. The van der Waals surface area contributed by atoms with E-state index in [2.05, 4.69) is 6.92 Å². The number of carbonyl (C=O) groups excluding carboxylic acids is 2. The Morgan fingerprint density at radius 1 is 1.47 bits per heavy atom. The van der Waals surface area contributed by atoms with E-state index < -0.39 is 0 Å². The number of hydrogen-bond acceptors (Lipinski definition) is 3. The van der Waals surface area contributed by atoms with E-state index in [1.165, 1.54) is 7.11 Å². The summed E-state index contributed by atoms with van der Waals surface area (Å²) in [5.74, 6) is 0.837. The molecule has 19 heavy (non-hydrogen) atoms. The molecule has 0 aromatic heterocycles. The first kappa shape index (κ1) is 15.7. The van der Waals surface area contributed by atoms with Gasteiger partial charge < -0.3 is 4.74 Å². The fraction of sp³-hybridized carbons (Fsp3) is 0.625. The van der Waals surface area contributed by atoms with Crippen molar-refractivity contribution in [2.24, 2.45) is 11.8 Å². The number of carbonyl (C=O) groups is 2. The molecule has 0 fully saturated rings. The Bertz CT molecular complexity index is 400. The van der Waals surface area contributed by atoms with Gasteiger partial charge in [-0.2, -0.15) is 0 Å². The van der Waals surface area contributed by atoms with Crippen molar-refractivity contribution in [1.29, 1.82) is 0 Å². The first-order valence-corrected chi connectivity index (χ1v) is 6.89. The molecule has 0 aromatic rings. The van der Waals surface area contributed by atoms with Gasteiger partial charge in [0.15, 0.2) is 5.78 Å². The number of methoxy groups -OCH3 is 1. The Balaban J connectivity index is 2.51. The van der Waals surface area contributed by atoms with Crippen LogP contribution in [0.1, 0.15) is 46.5 Å². The first-order chi connectivity index (χ1) is 8.93. The van der Waals surface area contributed by atoms with Crippen molar-refractivity contribution in [2.45, 2.75) is 46.5 Å². The lowest BCUT2D eigenvalue weighted by Crippen LogP contribution is -2.19. The standard InChI is InChI=1S/C16H24O3/c1-11(2)9-15(17)10-12(3)13-5-7-14(8-6-13)16(18)19-4/h7,9,12-13H,5-6,8,10H2,1-4H3/t12-,13-/m1/s1. The Hall–Kier alpha value is -1.38. The van der Waals surface area contributed by atoms with Crippen LogP contribution in [0.25, 0.3) is 0 Å². The topological polar surface area (TPSA) is 43.4 Å². The van der Waals surface area contributed by atoms with Gasteiger partial charge in [-0.25, -0.2) is 4.79 Å². The quantitative estimate of drug-likeness (QED) is 0.564. The van der Waals surface area contributed by atoms with Gasteiger partial charge in [0.25, 0.3) is 0 Å². The van der Waals surface area contributed by atoms with E-state index >= 15 is 0 Å². The van der Waals surface area contributed by atoms with Crippen LogP contribution < -0.4 is 0 Å². The lowest BCUT2D eigenvalue weighted by atomic mass is 9.79. The second-order valence-electron chi connectivity index (χ2n) is 5.62. The average molecular weight is 264 g/mol. The van der Waals surface area contributed by atoms with Gasteiger partial charge in [0, 0.05) is 12.0 Å². The molecule has 2 atom stereocenters. The van der Waals surface area contributed by atoms with Gasteiger partial charge in [-0.15, -0.1) is 0 Å². The van der Waals surface area contributed by atoms with Gasteiger partial charge in [0.05, 0.1) is 7.11 Å². The number of esters is 1. The van der Waals surface area contributed by atoms with E-state index in [1.807, 2.05) is 19.9 Å². The minimum Gasteiger partial charge on any atom is -0.466 e. The van der Waals surface area contributed by atoms with Crippen molar-refractivity contribution in [3.63, 3.8) is 0 Å². The molecular weight excluding hydrogens is 240 g/mol. The molecule has 0 bridgehead atoms. The number of rotatable bonds is 5. The molecule has 3 nitrogen and oxygen atoms in total. The molecule has 1 aliphatic carbocycles. The van der Waals surface area contributed by atoms with Crippen LogP contribution in [-0.2, 0) is 14.3 Å². The Kier molecular flexibility index (Phi) is 6.00. The molecule has 0 saturated carbocycles. The minimum atomic E-state index is -0.216. The fourth-order valence-electron chi connectivity index (χ4n) is 2.55. The van der Waals surface area contributed by atoms with Crippen LogP contribution in [0.15, 0.2) is 23.3 Å². The normalized spacial score (nSPS) is 20.2. The molecule has 1 rings (SSSR count). The summed E-state index contributed by atoms with van der Waals surface area (Å²) in [4.78, 5) is 23.1. The van der Waals surface area contributed by atoms with E-state index in [-0.39, 0.29) is 11.8 Å². The third-order valence-corrected chi connectivity index (χ3v) is 3.68. The van der Waals surface area contributed by atoms with E-state index in [1.54, 1.807) is 6.08 Å². The maximum Gasteiger partial charge on any atom is 0.333 e. The second kappa shape index (κ2) is 7.27. The van der Waals surface area contributed by atoms with E-state index in [0.29, 0.717) is 18.3 Å². The largest absolute Gasteiger partial charge is 0.466 e. The Labute approximate surface area is 115 Å². The van der Waals surface area contributed by atoms with Gasteiger partial charge in [0.1, 0.15) is 0 Å². The maximum absolute atomic E-state index is 11.8. The molecule has 1 aliphatic rings. The Morgan fingerprint density at radius 3 is 2.63 bits per heavy atom. The van der Waals surface area contributed by atoms with Gasteiger partial charge in [-0.3, -0.25) is 4.79 Å². The van der Waals surface area contributed by atoms with Gasteiger partial charge in [-0.1, -0.05) is 18.6 Å². The number of ether oxygens (including phenoxy) is 1. The fourth-order valence-corrected chi connectivity index (χ4v) is 2.55. The minimum absolute atomic E-state index is 0.204. The molecule has 0 spiro atoms. The summed E-state index contributed by atoms with van der Waals surface area (Å²) in [6, 6.07) is 0. The summed E-state index contributed by atoms with van der Waals surface area (Å²) < 4.78 is 4.72. The Morgan fingerprint density at radius 2 is 2.16 bits per heavy atom. The average Bonchev–Trinajstić information content (AvgIpc) is 2.36. The van der Waals surface area contributed by atoms with Crippen LogP contribution in [-0.4, -0.2) is 18.9 Å². The van der Waals surface area contributed by atoms with Crippen LogP contribution in [0, 0.1) is 11.8 Å². The van der Waals surface area contributed by atoms with Crippen LogP contribution in [0.4, 0.5) is 0 Å². The van der Waals surface area contributed by atoms with Crippen LogP contribution in [0.5, 0.6) is 0 Å². The lowest BCUT2D eigenvalue weighted by Gasteiger charge is -2.26. The molecule has 0 unspecified atom stereocenters. The van der Waals surface area contributed by atoms with Crippen LogP contribution in [0.3, 0.4) is 0 Å². The number of hydrogen-bond donors (Lipinski definition) is 0. The zero-order valence-corrected chi connectivity index (χ0v) is 12.4. The highest BCUT2D eigenvalue weighted by Crippen LogP contribution is 2.31. The molecule has 0 amide bonds. The first-order valence-electron chi connectivity index (χ1n) is 6.89. The second-order valence-corrected chi connectivity index (χ2v) is 5.62. The smallest absolute Gasteiger partial charge is 0.333 e. The molecule has 0 saturated heterocycles. The highest BCUT2D eigenvalue weighted by atomic mass is 16.5. The zero-order chi connectivity index (χ0) is 14.4. The van der Waals surface area contributed by atoms with Crippen molar-refractivity contribution in [3.8, 4) is 0 Å². The van der Waals surface area contributed by atoms with Crippen LogP contribution >= 0.6 is 0 Å². The molecular formula is C16H24O3. The zero-order valence-electron chi connectivity index (χ0n) is 12.4. The summed E-state index contributed by atoms with van der Waals surface area (Å²) in [6.07, 6.45) is 6.88. The molecule has 3 heteroatoms. The summed E-state index contributed by atoms with van der Waals surface area (Å²) in [6.45, 7) is 6.00. The number of ketones is 1. The predicted molar refractivity (Wildman–Crippen MR) is 75.7 cm³/mol. The summed E-state index contributed by atoms with van der Waals surface area (Å²) in [5.41, 5.74) is 1.83. The summed E-state index contributed by atoms with van der Waals surface area (Å²) in [5, 5.41) is 0. The van der Waals surface area contributed by atoms with Gasteiger partial charge >= 0.3 is 5.97 Å².